The molecule has 0 aliphatic carbocycles. The largest absolute Gasteiger partial charge is 0.486 e. The molecule has 0 aliphatic rings. The summed E-state index contributed by atoms with van der Waals surface area (Å²) in [5.74, 6) is 0.122. The van der Waals surface area contributed by atoms with Gasteiger partial charge in [0, 0.05) is 11.2 Å². The minimum absolute atomic E-state index is 0.167. The number of hydrogen-bond acceptors (Lipinski definition) is 4. The lowest BCUT2D eigenvalue weighted by atomic mass is 10.3. The number of ether oxygens (including phenoxy) is 1. The minimum atomic E-state index is -1.00. The molecule has 2 aromatic heterocycles. The van der Waals surface area contributed by atoms with Crippen LogP contribution in [0.15, 0.2) is 42.6 Å². The van der Waals surface area contributed by atoms with Crippen LogP contribution in [0.3, 0.4) is 0 Å². The number of carbonyl (C=O) groups is 1. The van der Waals surface area contributed by atoms with Crippen LogP contribution in [0.1, 0.15) is 16.2 Å². The van der Waals surface area contributed by atoms with Crippen molar-refractivity contribution in [3.05, 3.63) is 59.0 Å². The Labute approximate surface area is 124 Å². The van der Waals surface area contributed by atoms with E-state index in [1.807, 2.05) is 0 Å². The number of hydrogen-bond donors (Lipinski definition) is 1. The summed E-state index contributed by atoms with van der Waals surface area (Å²) in [4.78, 5) is 15.1. The monoisotopic (exact) mass is 303 g/mol. The van der Waals surface area contributed by atoms with Gasteiger partial charge in [0.2, 0.25) is 0 Å². The molecular formula is C14H10ClN3O3. The zero-order valence-corrected chi connectivity index (χ0v) is 11.5. The zero-order valence-electron chi connectivity index (χ0n) is 10.7. The Balaban J connectivity index is 1.78. The van der Waals surface area contributed by atoms with Crippen molar-refractivity contribution >= 4 is 23.2 Å². The fourth-order valence-electron chi connectivity index (χ4n) is 1.80. The van der Waals surface area contributed by atoms with Crippen LogP contribution in [0, 0.1) is 0 Å². The van der Waals surface area contributed by atoms with Crippen molar-refractivity contribution in [2.75, 3.05) is 0 Å². The van der Waals surface area contributed by atoms with E-state index in [4.69, 9.17) is 21.4 Å². The smallest absolute Gasteiger partial charge is 0.335 e. The molecule has 21 heavy (non-hydrogen) atoms. The molecule has 0 amide bonds. The molecule has 0 unspecified atom stereocenters. The van der Waals surface area contributed by atoms with Gasteiger partial charge in [-0.15, -0.1) is 5.10 Å². The number of halogens is 1. The quantitative estimate of drug-likeness (QED) is 0.802. The number of aromatic carboxylic acids is 1. The molecule has 0 spiro atoms. The molecule has 6 nitrogen and oxygen atoms in total. The molecule has 0 fully saturated rings. The lowest BCUT2D eigenvalue weighted by Crippen LogP contribution is -1.98. The summed E-state index contributed by atoms with van der Waals surface area (Å²) in [6, 6.07) is 9.89. The van der Waals surface area contributed by atoms with Gasteiger partial charge < -0.3 is 9.84 Å². The van der Waals surface area contributed by atoms with E-state index in [-0.39, 0.29) is 12.2 Å². The maximum absolute atomic E-state index is 10.9. The fraction of sp³-hybridized carbons (Fsp3) is 0.0714. The number of nitrogens with zero attached hydrogens (tertiary/aromatic N) is 3. The predicted molar refractivity (Wildman–Crippen MR) is 75.7 cm³/mol. The molecule has 0 atom stereocenters. The fourth-order valence-corrected chi connectivity index (χ4v) is 1.93. The number of pyridine rings is 1. The molecular weight excluding hydrogens is 294 g/mol. The van der Waals surface area contributed by atoms with Gasteiger partial charge in [0.25, 0.3) is 0 Å². The van der Waals surface area contributed by atoms with Crippen LogP contribution in [0.25, 0.3) is 5.65 Å². The van der Waals surface area contributed by atoms with Gasteiger partial charge in [-0.3, -0.25) is 0 Å². The molecule has 7 heteroatoms. The van der Waals surface area contributed by atoms with Gasteiger partial charge in [0.15, 0.2) is 11.5 Å². The van der Waals surface area contributed by atoms with E-state index >= 15 is 0 Å². The molecule has 0 saturated carbocycles. The van der Waals surface area contributed by atoms with Crippen LogP contribution in [-0.2, 0) is 6.61 Å². The lowest BCUT2D eigenvalue weighted by molar-refractivity contribution is 0.0697. The Morgan fingerprint density at radius 1 is 1.29 bits per heavy atom. The van der Waals surface area contributed by atoms with Crippen molar-refractivity contribution in [3.63, 3.8) is 0 Å². The molecule has 1 aromatic carbocycles. The number of fused-ring (bicyclic) bond motifs is 1. The highest BCUT2D eigenvalue weighted by Gasteiger charge is 2.08. The van der Waals surface area contributed by atoms with Crippen LogP contribution in [0.5, 0.6) is 5.75 Å². The molecule has 1 N–H and O–H groups in total. The van der Waals surface area contributed by atoms with Gasteiger partial charge in [-0.05, 0) is 36.4 Å². The molecule has 106 valence electrons. The van der Waals surface area contributed by atoms with Crippen LogP contribution >= 0.6 is 11.6 Å². The van der Waals surface area contributed by atoms with E-state index < -0.39 is 5.97 Å². The third-order valence-electron chi connectivity index (χ3n) is 2.81. The summed E-state index contributed by atoms with van der Waals surface area (Å²) in [5.41, 5.74) is 0.629. The molecule has 0 aliphatic heterocycles. The molecule has 0 radical (unpaired) electrons. The van der Waals surface area contributed by atoms with Crippen molar-refractivity contribution in [2.45, 2.75) is 6.61 Å². The summed E-state index contributed by atoms with van der Waals surface area (Å²) >= 11 is 5.79. The molecule has 2 heterocycles. The average molecular weight is 304 g/mol. The lowest BCUT2D eigenvalue weighted by Gasteiger charge is -2.02. The van der Waals surface area contributed by atoms with Gasteiger partial charge >= 0.3 is 5.97 Å². The second-order valence-corrected chi connectivity index (χ2v) is 4.73. The number of carboxylic acids is 1. The Bertz CT molecular complexity index is 799. The van der Waals surface area contributed by atoms with E-state index in [0.717, 1.165) is 0 Å². The Kier molecular flexibility index (Phi) is 3.45. The van der Waals surface area contributed by atoms with Crippen molar-refractivity contribution in [1.29, 1.82) is 0 Å². The zero-order chi connectivity index (χ0) is 14.8. The van der Waals surface area contributed by atoms with Crippen LogP contribution in [0.2, 0.25) is 5.02 Å². The maximum Gasteiger partial charge on any atom is 0.335 e. The minimum Gasteiger partial charge on any atom is -0.486 e. The SMILES string of the molecule is O=C(O)c1ccn2nc(COc3ccc(Cl)cc3)nc2c1. The Morgan fingerprint density at radius 2 is 2.05 bits per heavy atom. The summed E-state index contributed by atoms with van der Waals surface area (Å²) < 4.78 is 7.05. The topological polar surface area (TPSA) is 76.7 Å². The van der Waals surface area contributed by atoms with Crippen molar-refractivity contribution in [1.82, 2.24) is 14.6 Å². The van der Waals surface area contributed by atoms with Crippen molar-refractivity contribution in [3.8, 4) is 5.75 Å². The highest BCUT2D eigenvalue weighted by Crippen LogP contribution is 2.16. The highest BCUT2D eigenvalue weighted by molar-refractivity contribution is 6.30. The third-order valence-corrected chi connectivity index (χ3v) is 3.06. The first kappa shape index (κ1) is 13.4. The molecule has 3 aromatic rings. The Morgan fingerprint density at radius 3 is 2.76 bits per heavy atom. The second-order valence-electron chi connectivity index (χ2n) is 4.29. The summed E-state index contributed by atoms with van der Waals surface area (Å²) in [6.07, 6.45) is 1.55. The van der Waals surface area contributed by atoms with Gasteiger partial charge in [-0.1, -0.05) is 11.6 Å². The number of benzene rings is 1. The summed E-state index contributed by atoms with van der Waals surface area (Å²) in [7, 11) is 0. The average Bonchev–Trinajstić information content (AvgIpc) is 2.88. The summed E-state index contributed by atoms with van der Waals surface area (Å²) in [6.45, 7) is 0.186. The van der Waals surface area contributed by atoms with E-state index in [2.05, 4.69) is 10.1 Å². The normalized spacial score (nSPS) is 10.7. The number of aromatic nitrogens is 3. The van der Waals surface area contributed by atoms with Gasteiger partial charge in [0.05, 0.1) is 5.56 Å². The number of carboxylic acid groups (broad SMARTS) is 1. The molecule has 0 saturated heterocycles. The van der Waals surface area contributed by atoms with Crippen LogP contribution < -0.4 is 4.74 Å². The van der Waals surface area contributed by atoms with Gasteiger partial charge in [0.1, 0.15) is 12.4 Å². The highest BCUT2D eigenvalue weighted by atomic mass is 35.5. The predicted octanol–water partition coefficient (Wildman–Crippen LogP) is 2.66. The summed E-state index contributed by atoms with van der Waals surface area (Å²) in [5, 5.41) is 13.8. The van der Waals surface area contributed by atoms with Crippen molar-refractivity contribution in [2.24, 2.45) is 0 Å². The Hall–Kier alpha value is -2.60. The van der Waals surface area contributed by atoms with Crippen molar-refractivity contribution < 1.29 is 14.6 Å². The molecule has 0 bridgehead atoms. The molecule has 3 rings (SSSR count). The van der Waals surface area contributed by atoms with E-state index in [9.17, 15) is 4.79 Å². The first-order valence-electron chi connectivity index (χ1n) is 6.09. The van der Waals surface area contributed by atoms with E-state index in [1.165, 1.54) is 16.6 Å². The number of rotatable bonds is 4. The third kappa shape index (κ3) is 2.95. The van der Waals surface area contributed by atoms with E-state index in [1.54, 1.807) is 30.5 Å². The maximum atomic E-state index is 10.9. The van der Waals surface area contributed by atoms with E-state index in [0.29, 0.717) is 22.2 Å². The van der Waals surface area contributed by atoms with Gasteiger partial charge in [-0.2, -0.15) is 0 Å². The first-order chi connectivity index (χ1) is 10.1. The van der Waals surface area contributed by atoms with Gasteiger partial charge in [-0.25, -0.2) is 14.3 Å². The first-order valence-corrected chi connectivity index (χ1v) is 6.46. The standard InChI is InChI=1S/C14H10ClN3O3/c15-10-1-3-11(4-2-10)21-8-12-16-13-7-9(14(19)20)5-6-18(13)17-12/h1-7H,8H2,(H,19,20). The second kappa shape index (κ2) is 5.41. The van der Waals surface area contributed by atoms with Crippen LogP contribution in [0.4, 0.5) is 0 Å². The van der Waals surface area contributed by atoms with Crippen LogP contribution in [-0.4, -0.2) is 25.7 Å².